The summed E-state index contributed by atoms with van der Waals surface area (Å²) in [6, 6.07) is 6.72. The molecule has 1 heterocycles. The number of Topliss-reactive ketones (excluding diaryl/α,β-unsaturated/α-hetero) is 1. The van der Waals surface area contributed by atoms with E-state index in [1.807, 2.05) is 4.90 Å². The van der Waals surface area contributed by atoms with Crippen LogP contribution in [-0.2, 0) is 9.84 Å². The minimum atomic E-state index is -2.89. The van der Waals surface area contributed by atoms with Gasteiger partial charge in [-0.3, -0.25) is 9.69 Å². The van der Waals surface area contributed by atoms with E-state index in [2.05, 4.69) is 0 Å². The van der Waals surface area contributed by atoms with Gasteiger partial charge in [-0.25, -0.2) is 8.42 Å². The van der Waals surface area contributed by atoms with E-state index in [0.29, 0.717) is 23.7 Å². The van der Waals surface area contributed by atoms with Crippen LogP contribution in [0.5, 0.6) is 0 Å². The molecule has 1 fully saturated rings. The van der Waals surface area contributed by atoms with Gasteiger partial charge in [0, 0.05) is 23.7 Å². The molecular weight excluding hydrogens is 274 g/mol. The molecule has 6 heteroatoms. The van der Waals surface area contributed by atoms with Crippen molar-refractivity contribution in [1.29, 1.82) is 0 Å². The number of carbonyl (C=O) groups is 1. The Hall–Kier alpha value is -0.910. The van der Waals surface area contributed by atoms with E-state index < -0.39 is 9.84 Å². The standard InChI is InChI=1S/C12H14ClNO3S/c13-11-3-1-10(2-4-11)12(15)9-14-5-7-18(16,17)8-6-14/h1-4H,5-9H2. The zero-order valence-electron chi connectivity index (χ0n) is 9.80. The molecular formula is C12H14ClNO3S. The average Bonchev–Trinajstić information content (AvgIpc) is 2.33. The van der Waals surface area contributed by atoms with Crippen LogP contribution < -0.4 is 0 Å². The maximum Gasteiger partial charge on any atom is 0.176 e. The van der Waals surface area contributed by atoms with Crippen molar-refractivity contribution in [3.63, 3.8) is 0 Å². The Morgan fingerprint density at radius 1 is 1.17 bits per heavy atom. The lowest BCUT2D eigenvalue weighted by Gasteiger charge is -2.25. The molecule has 98 valence electrons. The Morgan fingerprint density at radius 3 is 2.28 bits per heavy atom. The van der Waals surface area contributed by atoms with Crippen LogP contribution in [0.2, 0.25) is 5.02 Å². The maximum absolute atomic E-state index is 12.0. The molecule has 1 saturated heterocycles. The summed E-state index contributed by atoms with van der Waals surface area (Å²) in [5, 5.41) is 0.593. The van der Waals surface area contributed by atoms with E-state index in [-0.39, 0.29) is 23.8 Å². The van der Waals surface area contributed by atoms with Gasteiger partial charge < -0.3 is 0 Å². The lowest BCUT2D eigenvalue weighted by atomic mass is 10.1. The van der Waals surface area contributed by atoms with Gasteiger partial charge in [-0.2, -0.15) is 0 Å². The van der Waals surface area contributed by atoms with Crippen LogP contribution in [0.4, 0.5) is 0 Å². The lowest BCUT2D eigenvalue weighted by Crippen LogP contribution is -2.42. The summed E-state index contributed by atoms with van der Waals surface area (Å²) in [5.41, 5.74) is 0.604. The van der Waals surface area contributed by atoms with E-state index in [9.17, 15) is 13.2 Å². The fourth-order valence-corrected chi connectivity index (χ4v) is 3.24. The molecule has 2 rings (SSSR count). The highest BCUT2D eigenvalue weighted by Gasteiger charge is 2.23. The fourth-order valence-electron chi connectivity index (χ4n) is 1.84. The molecule has 1 aliphatic rings. The Kier molecular flexibility index (Phi) is 4.04. The number of rotatable bonds is 3. The summed E-state index contributed by atoms with van der Waals surface area (Å²) in [4.78, 5) is 13.8. The second-order valence-electron chi connectivity index (χ2n) is 4.36. The number of hydrogen-bond donors (Lipinski definition) is 0. The smallest absolute Gasteiger partial charge is 0.176 e. The minimum Gasteiger partial charge on any atom is -0.294 e. The Bertz CT molecular complexity index is 525. The van der Waals surface area contributed by atoms with Crippen molar-refractivity contribution in [2.45, 2.75) is 0 Å². The monoisotopic (exact) mass is 287 g/mol. The number of halogens is 1. The number of ketones is 1. The second-order valence-corrected chi connectivity index (χ2v) is 7.10. The molecule has 0 N–H and O–H groups in total. The van der Waals surface area contributed by atoms with Gasteiger partial charge in [-0.15, -0.1) is 0 Å². The van der Waals surface area contributed by atoms with Gasteiger partial charge in [0.25, 0.3) is 0 Å². The van der Waals surface area contributed by atoms with E-state index in [0.717, 1.165) is 0 Å². The number of benzene rings is 1. The van der Waals surface area contributed by atoms with E-state index >= 15 is 0 Å². The predicted molar refractivity (Wildman–Crippen MR) is 70.9 cm³/mol. The van der Waals surface area contributed by atoms with Gasteiger partial charge in [0.15, 0.2) is 15.6 Å². The van der Waals surface area contributed by atoms with E-state index in [1.54, 1.807) is 24.3 Å². The number of hydrogen-bond acceptors (Lipinski definition) is 4. The van der Waals surface area contributed by atoms with Crippen molar-refractivity contribution in [1.82, 2.24) is 4.90 Å². The van der Waals surface area contributed by atoms with Crippen LogP contribution in [0.3, 0.4) is 0 Å². The molecule has 0 atom stereocenters. The zero-order chi connectivity index (χ0) is 13.2. The SMILES string of the molecule is O=C(CN1CCS(=O)(=O)CC1)c1ccc(Cl)cc1. The molecule has 0 spiro atoms. The normalized spacial score (nSPS) is 19.6. The highest BCUT2D eigenvalue weighted by Crippen LogP contribution is 2.11. The Labute approximate surface area is 111 Å². The summed E-state index contributed by atoms with van der Waals surface area (Å²) in [6.45, 7) is 1.13. The van der Waals surface area contributed by atoms with Crippen LogP contribution >= 0.6 is 11.6 Å². The molecule has 0 radical (unpaired) electrons. The number of carbonyl (C=O) groups excluding carboxylic acids is 1. The molecule has 18 heavy (non-hydrogen) atoms. The van der Waals surface area contributed by atoms with Crippen molar-refractivity contribution in [3.05, 3.63) is 34.9 Å². The summed E-state index contributed by atoms with van der Waals surface area (Å²) in [5.74, 6) is 0.271. The van der Waals surface area contributed by atoms with Crippen LogP contribution in [0.25, 0.3) is 0 Å². The maximum atomic E-state index is 12.0. The third kappa shape index (κ3) is 3.54. The first-order valence-corrected chi connectivity index (χ1v) is 7.88. The molecule has 0 bridgehead atoms. The van der Waals surface area contributed by atoms with Gasteiger partial charge in [0.05, 0.1) is 18.1 Å². The fraction of sp³-hybridized carbons (Fsp3) is 0.417. The van der Waals surface area contributed by atoms with Gasteiger partial charge in [-0.1, -0.05) is 11.6 Å². The van der Waals surface area contributed by atoms with Crippen molar-refractivity contribution >= 4 is 27.2 Å². The number of nitrogens with zero attached hydrogens (tertiary/aromatic N) is 1. The molecule has 0 aromatic heterocycles. The molecule has 4 nitrogen and oxygen atoms in total. The van der Waals surface area contributed by atoms with Crippen molar-refractivity contribution < 1.29 is 13.2 Å². The van der Waals surface area contributed by atoms with Gasteiger partial charge in [-0.05, 0) is 24.3 Å². The van der Waals surface area contributed by atoms with Gasteiger partial charge in [0.1, 0.15) is 0 Å². The first-order valence-electron chi connectivity index (χ1n) is 5.68. The molecule has 0 aliphatic carbocycles. The van der Waals surface area contributed by atoms with E-state index in [4.69, 9.17) is 11.6 Å². The predicted octanol–water partition coefficient (Wildman–Crippen LogP) is 1.25. The zero-order valence-corrected chi connectivity index (χ0v) is 11.4. The van der Waals surface area contributed by atoms with E-state index in [1.165, 1.54) is 0 Å². The first kappa shape index (κ1) is 13.5. The largest absolute Gasteiger partial charge is 0.294 e. The molecule has 1 aromatic rings. The first-order chi connectivity index (χ1) is 8.46. The van der Waals surface area contributed by atoms with Crippen molar-refractivity contribution in [3.8, 4) is 0 Å². The van der Waals surface area contributed by atoms with Gasteiger partial charge in [0.2, 0.25) is 0 Å². The molecule has 0 amide bonds. The Balaban J connectivity index is 1.94. The third-order valence-electron chi connectivity index (χ3n) is 2.97. The topological polar surface area (TPSA) is 54.5 Å². The summed E-state index contributed by atoms with van der Waals surface area (Å²) >= 11 is 5.75. The van der Waals surface area contributed by atoms with Crippen LogP contribution in [-0.4, -0.2) is 50.2 Å². The number of sulfone groups is 1. The average molecular weight is 288 g/mol. The van der Waals surface area contributed by atoms with Crippen LogP contribution in [0.1, 0.15) is 10.4 Å². The molecule has 0 saturated carbocycles. The quantitative estimate of drug-likeness (QED) is 0.785. The summed E-state index contributed by atoms with van der Waals surface area (Å²) < 4.78 is 22.5. The second kappa shape index (κ2) is 5.38. The Morgan fingerprint density at radius 2 is 1.72 bits per heavy atom. The highest BCUT2D eigenvalue weighted by molar-refractivity contribution is 7.91. The molecule has 1 aliphatic heterocycles. The molecule has 0 unspecified atom stereocenters. The van der Waals surface area contributed by atoms with Crippen molar-refractivity contribution in [2.75, 3.05) is 31.1 Å². The van der Waals surface area contributed by atoms with Crippen LogP contribution in [0, 0.1) is 0 Å². The lowest BCUT2D eigenvalue weighted by molar-refractivity contribution is 0.0936. The molecule has 1 aromatic carbocycles. The summed E-state index contributed by atoms with van der Waals surface area (Å²) in [6.07, 6.45) is 0. The van der Waals surface area contributed by atoms with Gasteiger partial charge >= 0.3 is 0 Å². The summed E-state index contributed by atoms with van der Waals surface area (Å²) in [7, 11) is -2.89. The van der Waals surface area contributed by atoms with Crippen molar-refractivity contribution in [2.24, 2.45) is 0 Å². The minimum absolute atomic E-state index is 0.00837. The van der Waals surface area contributed by atoms with Crippen LogP contribution in [0.15, 0.2) is 24.3 Å². The highest BCUT2D eigenvalue weighted by atomic mass is 35.5. The third-order valence-corrected chi connectivity index (χ3v) is 4.83.